The molecule has 124 valence electrons. The predicted molar refractivity (Wildman–Crippen MR) is 96.4 cm³/mol. The van der Waals surface area contributed by atoms with Gasteiger partial charge in [-0.25, -0.2) is 0 Å². The van der Waals surface area contributed by atoms with Crippen molar-refractivity contribution in [3.8, 4) is 0 Å². The molecule has 0 spiro atoms. The Kier molecular flexibility index (Phi) is 7.58. The highest BCUT2D eigenvalue weighted by Gasteiger charge is 2.00. The average Bonchev–Trinajstić information content (AvgIpc) is 2.56. The zero-order chi connectivity index (χ0) is 16.3. The number of hydrogen-bond donors (Lipinski definition) is 0. The molecular formula is C20H27NO2. The quantitative estimate of drug-likeness (QED) is 0.300. The van der Waals surface area contributed by atoms with Crippen molar-refractivity contribution in [2.24, 2.45) is 0 Å². The second-order valence-electron chi connectivity index (χ2n) is 6.27. The maximum Gasteiger partial charge on any atom is 0.203 e. The molecule has 0 aromatic heterocycles. The number of unbranched alkanes of at least 4 members (excludes halogenated alkanes) is 7. The number of aryl methyl sites for hydroxylation is 1. The third-order valence-corrected chi connectivity index (χ3v) is 4.42. The maximum absolute atomic E-state index is 10.2. The lowest BCUT2D eigenvalue weighted by Crippen LogP contribution is -1.99. The average molecular weight is 313 g/mol. The van der Waals surface area contributed by atoms with Gasteiger partial charge in [0.05, 0.1) is 0 Å². The summed E-state index contributed by atoms with van der Waals surface area (Å²) in [6.07, 6.45) is 10.3. The van der Waals surface area contributed by atoms with Gasteiger partial charge in [-0.05, 0) is 35.6 Å². The second-order valence-corrected chi connectivity index (χ2v) is 6.27. The summed E-state index contributed by atoms with van der Waals surface area (Å²) in [7, 11) is 0. The smallest absolute Gasteiger partial charge is 0.203 e. The molecule has 3 heteroatoms. The Balaban J connectivity index is 1.56. The van der Waals surface area contributed by atoms with E-state index in [1.165, 1.54) is 48.4 Å². The molecule has 0 saturated carbocycles. The van der Waals surface area contributed by atoms with Crippen LogP contribution in [0.2, 0.25) is 0 Å². The fourth-order valence-electron chi connectivity index (χ4n) is 3.13. The van der Waals surface area contributed by atoms with E-state index in [2.05, 4.69) is 42.5 Å². The first kappa shape index (κ1) is 17.5. The van der Waals surface area contributed by atoms with Gasteiger partial charge in [-0.1, -0.05) is 74.6 Å². The molecule has 2 aromatic rings. The Morgan fingerprint density at radius 1 is 0.739 bits per heavy atom. The molecular weight excluding hydrogens is 286 g/mol. The molecule has 0 fully saturated rings. The minimum absolute atomic E-state index is 0.130. The summed E-state index contributed by atoms with van der Waals surface area (Å²) < 4.78 is 0. The Bertz CT molecular complexity index is 604. The predicted octanol–water partition coefficient (Wildman–Crippen LogP) is 5.78. The molecule has 2 rings (SSSR count). The van der Waals surface area contributed by atoms with E-state index in [-0.39, 0.29) is 11.5 Å². The van der Waals surface area contributed by atoms with Crippen LogP contribution in [-0.4, -0.2) is 11.5 Å². The number of fused-ring (bicyclic) bond motifs is 1. The van der Waals surface area contributed by atoms with E-state index in [0.717, 1.165) is 25.7 Å². The molecule has 0 unspecified atom stereocenters. The van der Waals surface area contributed by atoms with Crippen molar-refractivity contribution in [2.45, 2.75) is 57.8 Å². The standard InChI is InChI=1S/C20H27NO2/c22-21(23)17-10-6-4-2-1-3-5-7-12-18-14-11-15-19-13-8-9-16-20(18)19/h8-9,11,13-16H,1-7,10,12,17H2. The van der Waals surface area contributed by atoms with Gasteiger partial charge in [-0.3, -0.25) is 10.1 Å². The summed E-state index contributed by atoms with van der Waals surface area (Å²) in [6.45, 7) is 0.130. The summed E-state index contributed by atoms with van der Waals surface area (Å²) in [5.41, 5.74) is 1.46. The summed E-state index contributed by atoms with van der Waals surface area (Å²) in [6, 6.07) is 15.2. The Hall–Kier alpha value is -1.90. The van der Waals surface area contributed by atoms with E-state index in [1.54, 1.807) is 0 Å². The van der Waals surface area contributed by atoms with Crippen LogP contribution in [0.15, 0.2) is 42.5 Å². The molecule has 0 aliphatic rings. The van der Waals surface area contributed by atoms with Gasteiger partial charge in [0.15, 0.2) is 0 Å². The van der Waals surface area contributed by atoms with Gasteiger partial charge in [-0.15, -0.1) is 0 Å². The third-order valence-electron chi connectivity index (χ3n) is 4.42. The number of nitro groups is 1. The number of nitrogens with zero attached hydrogens (tertiary/aromatic N) is 1. The van der Waals surface area contributed by atoms with Crippen LogP contribution in [0.25, 0.3) is 10.8 Å². The van der Waals surface area contributed by atoms with E-state index < -0.39 is 0 Å². The molecule has 0 aliphatic carbocycles. The first-order valence-corrected chi connectivity index (χ1v) is 8.86. The van der Waals surface area contributed by atoms with Crippen molar-refractivity contribution in [3.63, 3.8) is 0 Å². The van der Waals surface area contributed by atoms with Gasteiger partial charge >= 0.3 is 0 Å². The fourth-order valence-corrected chi connectivity index (χ4v) is 3.13. The van der Waals surface area contributed by atoms with Crippen LogP contribution in [0.1, 0.15) is 56.9 Å². The zero-order valence-corrected chi connectivity index (χ0v) is 13.9. The van der Waals surface area contributed by atoms with Crippen LogP contribution in [0.4, 0.5) is 0 Å². The summed E-state index contributed by atoms with van der Waals surface area (Å²) in [4.78, 5) is 10.00. The molecule has 2 aromatic carbocycles. The Morgan fingerprint density at radius 3 is 2.09 bits per heavy atom. The molecule has 0 saturated heterocycles. The van der Waals surface area contributed by atoms with E-state index in [1.807, 2.05) is 0 Å². The summed E-state index contributed by atoms with van der Waals surface area (Å²) in [5, 5.41) is 12.9. The molecule has 3 nitrogen and oxygen atoms in total. The van der Waals surface area contributed by atoms with Crippen molar-refractivity contribution in [3.05, 3.63) is 58.1 Å². The zero-order valence-electron chi connectivity index (χ0n) is 13.9. The van der Waals surface area contributed by atoms with Crippen molar-refractivity contribution in [2.75, 3.05) is 6.54 Å². The molecule has 0 heterocycles. The molecule has 0 bridgehead atoms. The van der Waals surface area contributed by atoms with E-state index in [0.29, 0.717) is 0 Å². The van der Waals surface area contributed by atoms with Crippen molar-refractivity contribution in [1.29, 1.82) is 0 Å². The van der Waals surface area contributed by atoms with Crippen LogP contribution in [0.3, 0.4) is 0 Å². The maximum atomic E-state index is 10.2. The molecule has 0 radical (unpaired) electrons. The molecule has 0 amide bonds. The van der Waals surface area contributed by atoms with E-state index in [4.69, 9.17) is 0 Å². The monoisotopic (exact) mass is 313 g/mol. The van der Waals surface area contributed by atoms with Gasteiger partial charge in [-0.2, -0.15) is 0 Å². The van der Waals surface area contributed by atoms with Gasteiger partial charge in [0.2, 0.25) is 6.54 Å². The number of rotatable bonds is 11. The summed E-state index contributed by atoms with van der Waals surface area (Å²) >= 11 is 0. The highest BCUT2D eigenvalue weighted by atomic mass is 16.6. The lowest BCUT2D eigenvalue weighted by atomic mass is 9.99. The van der Waals surface area contributed by atoms with Crippen molar-refractivity contribution >= 4 is 10.8 Å². The highest BCUT2D eigenvalue weighted by Crippen LogP contribution is 2.20. The molecule has 0 N–H and O–H groups in total. The van der Waals surface area contributed by atoms with Crippen LogP contribution < -0.4 is 0 Å². The third kappa shape index (κ3) is 6.39. The fraction of sp³-hybridized carbons (Fsp3) is 0.500. The van der Waals surface area contributed by atoms with Crippen molar-refractivity contribution < 1.29 is 4.92 Å². The Labute approximate surface area is 138 Å². The molecule has 23 heavy (non-hydrogen) atoms. The highest BCUT2D eigenvalue weighted by molar-refractivity contribution is 5.85. The van der Waals surface area contributed by atoms with Crippen LogP contribution in [0.5, 0.6) is 0 Å². The normalized spacial score (nSPS) is 11.0. The SMILES string of the molecule is O=[N+]([O-])CCCCCCCCCCc1cccc2ccccc12. The summed E-state index contributed by atoms with van der Waals surface area (Å²) in [5.74, 6) is 0. The van der Waals surface area contributed by atoms with Crippen LogP contribution in [-0.2, 0) is 6.42 Å². The van der Waals surface area contributed by atoms with Gasteiger partial charge in [0, 0.05) is 11.3 Å². The largest absolute Gasteiger partial charge is 0.265 e. The van der Waals surface area contributed by atoms with Crippen LogP contribution in [0, 0.1) is 10.1 Å². The van der Waals surface area contributed by atoms with E-state index in [9.17, 15) is 10.1 Å². The van der Waals surface area contributed by atoms with Crippen LogP contribution >= 0.6 is 0 Å². The van der Waals surface area contributed by atoms with Crippen molar-refractivity contribution in [1.82, 2.24) is 0 Å². The lowest BCUT2D eigenvalue weighted by molar-refractivity contribution is -0.480. The lowest BCUT2D eigenvalue weighted by Gasteiger charge is -2.06. The molecule has 0 aliphatic heterocycles. The van der Waals surface area contributed by atoms with Gasteiger partial charge in [0.25, 0.3) is 0 Å². The topological polar surface area (TPSA) is 43.1 Å². The first-order chi connectivity index (χ1) is 11.3. The van der Waals surface area contributed by atoms with E-state index >= 15 is 0 Å². The van der Waals surface area contributed by atoms with Gasteiger partial charge in [0.1, 0.15) is 0 Å². The first-order valence-electron chi connectivity index (χ1n) is 8.86. The minimum Gasteiger partial charge on any atom is -0.265 e. The minimum atomic E-state index is -0.215. The molecule has 0 atom stereocenters. The number of benzene rings is 2. The number of hydrogen-bond acceptors (Lipinski definition) is 2. The van der Waals surface area contributed by atoms with Gasteiger partial charge < -0.3 is 0 Å². The second kappa shape index (κ2) is 9.98. The Morgan fingerprint density at radius 2 is 1.35 bits per heavy atom.